The summed E-state index contributed by atoms with van der Waals surface area (Å²) in [5.74, 6) is 0.494. The first-order valence-corrected chi connectivity index (χ1v) is 8.81. The molecule has 0 radical (unpaired) electrons. The van der Waals surface area contributed by atoms with E-state index in [9.17, 15) is 4.79 Å². The topological polar surface area (TPSA) is 79.4 Å². The van der Waals surface area contributed by atoms with E-state index in [-0.39, 0.29) is 5.91 Å². The summed E-state index contributed by atoms with van der Waals surface area (Å²) in [6, 6.07) is 22.8. The highest BCUT2D eigenvalue weighted by Gasteiger charge is 2.06. The number of carbonyl (C=O) groups is 1. The first-order chi connectivity index (χ1) is 13.8. The van der Waals surface area contributed by atoms with Crippen LogP contribution >= 0.6 is 0 Å². The molecule has 28 heavy (non-hydrogen) atoms. The Kier molecular flexibility index (Phi) is 5.11. The zero-order valence-electron chi connectivity index (χ0n) is 15.0. The minimum absolute atomic E-state index is 0.282. The molecule has 0 spiro atoms. The van der Waals surface area contributed by atoms with Crippen LogP contribution in [0.5, 0.6) is 5.75 Å². The molecule has 0 saturated heterocycles. The van der Waals surface area contributed by atoms with E-state index in [1.807, 2.05) is 54.6 Å². The molecule has 1 amide bonds. The van der Waals surface area contributed by atoms with E-state index in [2.05, 4.69) is 20.5 Å². The Morgan fingerprint density at radius 3 is 2.71 bits per heavy atom. The van der Waals surface area contributed by atoms with E-state index in [1.54, 1.807) is 30.7 Å². The summed E-state index contributed by atoms with van der Waals surface area (Å²) in [6.45, 7) is 0.519. The van der Waals surface area contributed by atoms with Crippen LogP contribution in [0.3, 0.4) is 0 Å². The molecule has 0 unspecified atom stereocenters. The average molecular weight is 370 g/mol. The molecule has 6 nitrogen and oxygen atoms in total. The number of ether oxygens (including phenoxy) is 1. The fourth-order valence-electron chi connectivity index (χ4n) is 2.70. The van der Waals surface area contributed by atoms with E-state index >= 15 is 0 Å². The highest BCUT2D eigenvalue weighted by molar-refractivity contribution is 5.97. The van der Waals surface area contributed by atoms with Crippen molar-refractivity contribution in [3.8, 4) is 5.75 Å². The van der Waals surface area contributed by atoms with Gasteiger partial charge in [-0.1, -0.05) is 30.3 Å². The number of hydrogen-bond acceptors (Lipinski definition) is 4. The van der Waals surface area contributed by atoms with Crippen molar-refractivity contribution in [3.05, 3.63) is 95.8 Å². The van der Waals surface area contributed by atoms with Gasteiger partial charge in [-0.25, -0.2) is 10.4 Å². The standard InChI is InChI=1S/C22H18N4O2/c27-22(18-8-11-20-21(12-18)24-15-23-20)26-25-13-16-6-9-19(10-7-16)28-14-17-4-2-1-3-5-17/h1-13,15H,14H2,(H,23,24)(H,26,27)/b25-13-. The molecule has 4 rings (SSSR count). The van der Waals surface area contributed by atoms with Crippen molar-refractivity contribution in [2.24, 2.45) is 5.10 Å². The zero-order valence-corrected chi connectivity index (χ0v) is 15.0. The Morgan fingerprint density at radius 1 is 1.07 bits per heavy atom. The number of aromatic nitrogens is 2. The second-order valence-corrected chi connectivity index (χ2v) is 6.18. The summed E-state index contributed by atoms with van der Waals surface area (Å²) >= 11 is 0. The molecule has 2 N–H and O–H groups in total. The van der Waals surface area contributed by atoms with Gasteiger partial charge in [-0.05, 0) is 53.6 Å². The van der Waals surface area contributed by atoms with Crippen molar-refractivity contribution < 1.29 is 9.53 Å². The van der Waals surface area contributed by atoms with Crippen molar-refractivity contribution in [2.45, 2.75) is 6.61 Å². The van der Waals surface area contributed by atoms with Gasteiger partial charge in [0.15, 0.2) is 0 Å². The summed E-state index contributed by atoms with van der Waals surface area (Å²) in [5, 5.41) is 4.02. The van der Waals surface area contributed by atoms with Crippen LogP contribution in [0.2, 0.25) is 0 Å². The van der Waals surface area contributed by atoms with Crippen LogP contribution in [0.1, 0.15) is 21.5 Å². The van der Waals surface area contributed by atoms with Gasteiger partial charge in [-0.3, -0.25) is 4.79 Å². The van der Waals surface area contributed by atoms with Gasteiger partial charge in [-0.15, -0.1) is 0 Å². The second kappa shape index (κ2) is 8.18. The first-order valence-electron chi connectivity index (χ1n) is 8.81. The number of fused-ring (bicyclic) bond motifs is 1. The molecule has 6 heteroatoms. The number of rotatable bonds is 6. The predicted octanol–water partition coefficient (Wildman–Crippen LogP) is 3.91. The van der Waals surface area contributed by atoms with Crippen molar-refractivity contribution in [3.63, 3.8) is 0 Å². The van der Waals surface area contributed by atoms with Crippen LogP contribution in [0.25, 0.3) is 11.0 Å². The number of hydrazone groups is 1. The summed E-state index contributed by atoms with van der Waals surface area (Å²) in [6.07, 6.45) is 3.19. The lowest BCUT2D eigenvalue weighted by atomic mass is 10.2. The van der Waals surface area contributed by atoms with E-state index in [0.29, 0.717) is 12.2 Å². The fourth-order valence-corrected chi connectivity index (χ4v) is 2.70. The molecular weight excluding hydrogens is 352 g/mol. The normalized spacial score (nSPS) is 11.0. The molecule has 0 atom stereocenters. The molecule has 0 aliphatic rings. The van der Waals surface area contributed by atoms with Crippen molar-refractivity contribution in [1.82, 2.24) is 15.4 Å². The molecular formula is C22H18N4O2. The predicted molar refractivity (Wildman–Crippen MR) is 108 cm³/mol. The smallest absolute Gasteiger partial charge is 0.271 e. The first kappa shape index (κ1) is 17.5. The van der Waals surface area contributed by atoms with Crippen LogP contribution in [0.4, 0.5) is 0 Å². The van der Waals surface area contributed by atoms with Crippen molar-refractivity contribution in [1.29, 1.82) is 0 Å². The molecule has 3 aromatic carbocycles. The maximum atomic E-state index is 12.2. The highest BCUT2D eigenvalue weighted by atomic mass is 16.5. The largest absolute Gasteiger partial charge is 0.489 e. The molecule has 0 aliphatic carbocycles. The lowest BCUT2D eigenvalue weighted by Crippen LogP contribution is -2.17. The molecule has 0 fully saturated rings. The number of amides is 1. The third kappa shape index (κ3) is 4.24. The zero-order chi connectivity index (χ0) is 19.2. The van der Waals surface area contributed by atoms with Crippen LogP contribution < -0.4 is 10.2 Å². The third-order valence-corrected chi connectivity index (χ3v) is 4.19. The number of hydrogen-bond donors (Lipinski definition) is 2. The van der Waals surface area contributed by atoms with Crippen LogP contribution in [0.15, 0.2) is 84.2 Å². The molecule has 4 aromatic rings. The lowest BCUT2D eigenvalue weighted by Gasteiger charge is -2.06. The van der Waals surface area contributed by atoms with E-state index in [1.165, 1.54) is 0 Å². The van der Waals surface area contributed by atoms with Gasteiger partial charge in [0.25, 0.3) is 5.91 Å². The molecule has 0 aliphatic heterocycles. The number of H-pyrrole nitrogens is 1. The summed E-state index contributed by atoms with van der Waals surface area (Å²) < 4.78 is 5.75. The minimum Gasteiger partial charge on any atom is -0.489 e. The summed E-state index contributed by atoms with van der Waals surface area (Å²) in [7, 11) is 0. The number of imidazole rings is 1. The van der Waals surface area contributed by atoms with Crippen LogP contribution in [0, 0.1) is 0 Å². The second-order valence-electron chi connectivity index (χ2n) is 6.18. The van der Waals surface area contributed by atoms with E-state index < -0.39 is 0 Å². The molecule has 0 saturated carbocycles. The van der Waals surface area contributed by atoms with Gasteiger partial charge in [0.2, 0.25) is 0 Å². The summed E-state index contributed by atoms with van der Waals surface area (Å²) in [5.41, 5.74) is 6.64. The van der Waals surface area contributed by atoms with Gasteiger partial charge < -0.3 is 9.72 Å². The number of nitrogens with zero attached hydrogens (tertiary/aromatic N) is 2. The molecule has 1 heterocycles. The molecule has 138 valence electrons. The van der Waals surface area contributed by atoms with Gasteiger partial charge in [0.05, 0.1) is 23.6 Å². The SMILES string of the molecule is O=C(N/N=C\c1ccc(OCc2ccccc2)cc1)c1ccc2nc[nH]c2c1. The van der Waals surface area contributed by atoms with Gasteiger partial charge in [0.1, 0.15) is 12.4 Å². The average Bonchev–Trinajstić information content (AvgIpc) is 3.22. The maximum absolute atomic E-state index is 12.2. The Labute approximate surface area is 161 Å². The highest BCUT2D eigenvalue weighted by Crippen LogP contribution is 2.14. The fraction of sp³-hybridized carbons (Fsp3) is 0.0455. The van der Waals surface area contributed by atoms with Crippen LogP contribution in [-0.2, 0) is 6.61 Å². The summed E-state index contributed by atoms with van der Waals surface area (Å²) in [4.78, 5) is 19.3. The number of benzene rings is 3. The minimum atomic E-state index is -0.282. The Bertz CT molecular complexity index is 1100. The van der Waals surface area contributed by atoms with Gasteiger partial charge in [0, 0.05) is 5.56 Å². The monoisotopic (exact) mass is 370 g/mol. The van der Waals surface area contributed by atoms with Crippen LogP contribution in [-0.4, -0.2) is 22.1 Å². The number of aromatic amines is 1. The number of nitrogens with one attached hydrogen (secondary N) is 2. The van der Waals surface area contributed by atoms with E-state index in [4.69, 9.17) is 4.74 Å². The van der Waals surface area contributed by atoms with Crippen molar-refractivity contribution >= 4 is 23.2 Å². The van der Waals surface area contributed by atoms with Gasteiger partial charge >= 0.3 is 0 Å². The Morgan fingerprint density at radius 2 is 1.89 bits per heavy atom. The molecule has 0 bridgehead atoms. The van der Waals surface area contributed by atoms with Crippen molar-refractivity contribution in [2.75, 3.05) is 0 Å². The lowest BCUT2D eigenvalue weighted by molar-refractivity contribution is 0.0955. The third-order valence-electron chi connectivity index (χ3n) is 4.19. The van der Waals surface area contributed by atoms with E-state index in [0.717, 1.165) is 27.9 Å². The number of carbonyl (C=O) groups excluding carboxylic acids is 1. The maximum Gasteiger partial charge on any atom is 0.271 e. The Balaban J connectivity index is 1.32. The Hall–Kier alpha value is -3.93. The molecule has 1 aromatic heterocycles. The van der Waals surface area contributed by atoms with Gasteiger partial charge in [-0.2, -0.15) is 5.10 Å². The quantitative estimate of drug-likeness (QED) is 0.399.